The first kappa shape index (κ1) is 17.7. The molecule has 1 fully saturated rings. The number of ether oxygens (including phenoxy) is 1. The van der Waals surface area contributed by atoms with Gasteiger partial charge in [0.2, 0.25) is 0 Å². The van der Waals surface area contributed by atoms with Crippen LogP contribution in [0.4, 0.5) is 4.39 Å². The third kappa shape index (κ3) is 3.48. The lowest BCUT2D eigenvalue weighted by Crippen LogP contribution is -2.41. The molecule has 4 nitrogen and oxygen atoms in total. The van der Waals surface area contributed by atoms with E-state index in [1.54, 1.807) is 37.3 Å². The van der Waals surface area contributed by atoms with Gasteiger partial charge in [-0.2, -0.15) is 0 Å². The van der Waals surface area contributed by atoms with Gasteiger partial charge in [-0.1, -0.05) is 30.3 Å². The number of benzene rings is 1. The average molecular weight is 320 g/mol. The van der Waals surface area contributed by atoms with E-state index in [-0.39, 0.29) is 12.2 Å². The van der Waals surface area contributed by atoms with Gasteiger partial charge in [-0.25, -0.2) is 9.18 Å². The fourth-order valence-corrected chi connectivity index (χ4v) is 2.23. The molecular formula is C17H22BFO4. The molecule has 0 aliphatic carbocycles. The van der Waals surface area contributed by atoms with Gasteiger partial charge in [0.15, 0.2) is 0 Å². The van der Waals surface area contributed by atoms with Crippen LogP contribution in [-0.2, 0) is 18.8 Å². The number of carbonyl (C=O) groups is 1. The first-order valence-corrected chi connectivity index (χ1v) is 7.67. The highest BCUT2D eigenvalue weighted by atomic mass is 19.1. The minimum atomic E-state index is -1.24. The molecule has 124 valence electrons. The molecule has 1 aromatic rings. The predicted octanol–water partition coefficient (Wildman–Crippen LogP) is 3.56. The molecule has 1 aliphatic rings. The van der Waals surface area contributed by atoms with Crippen LogP contribution in [0.25, 0.3) is 5.57 Å². The van der Waals surface area contributed by atoms with Gasteiger partial charge < -0.3 is 14.0 Å². The molecular weight excluding hydrogens is 298 g/mol. The van der Waals surface area contributed by atoms with Gasteiger partial charge in [0.05, 0.1) is 23.4 Å². The first-order valence-electron chi connectivity index (χ1n) is 7.67. The second-order valence-corrected chi connectivity index (χ2v) is 6.40. The molecule has 23 heavy (non-hydrogen) atoms. The van der Waals surface area contributed by atoms with Crippen molar-refractivity contribution in [2.45, 2.75) is 45.8 Å². The maximum Gasteiger partial charge on any atom is 0.526 e. The fourth-order valence-electron chi connectivity index (χ4n) is 2.23. The minimum Gasteiger partial charge on any atom is -0.462 e. The summed E-state index contributed by atoms with van der Waals surface area (Å²) >= 11 is 0. The molecule has 0 bridgehead atoms. The SMILES string of the molecule is CCOC(=O)C(=C(F)B1OC(C)(C)C(C)(C)O1)c1ccccc1. The van der Waals surface area contributed by atoms with Crippen LogP contribution < -0.4 is 0 Å². The van der Waals surface area contributed by atoms with Crippen LogP contribution in [0.2, 0.25) is 0 Å². The Kier molecular flexibility index (Phi) is 4.97. The van der Waals surface area contributed by atoms with Crippen molar-refractivity contribution in [3.8, 4) is 0 Å². The Morgan fingerprint density at radius 1 is 1.13 bits per heavy atom. The second kappa shape index (κ2) is 6.45. The van der Waals surface area contributed by atoms with Crippen molar-refractivity contribution < 1.29 is 23.2 Å². The van der Waals surface area contributed by atoms with Gasteiger partial charge in [0, 0.05) is 0 Å². The summed E-state index contributed by atoms with van der Waals surface area (Å²) in [7, 11) is -1.24. The molecule has 2 rings (SSSR count). The largest absolute Gasteiger partial charge is 0.526 e. The van der Waals surface area contributed by atoms with E-state index in [0.717, 1.165) is 0 Å². The quantitative estimate of drug-likeness (QED) is 0.483. The van der Waals surface area contributed by atoms with Crippen LogP contribution in [0.15, 0.2) is 36.1 Å². The van der Waals surface area contributed by atoms with E-state index in [1.165, 1.54) is 0 Å². The highest BCUT2D eigenvalue weighted by Gasteiger charge is 2.54. The average Bonchev–Trinajstić information content (AvgIpc) is 2.69. The van der Waals surface area contributed by atoms with Crippen molar-refractivity contribution in [3.63, 3.8) is 0 Å². The maximum absolute atomic E-state index is 15.0. The van der Waals surface area contributed by atoms with E-state index in [4.69, 9.17) is 14.0 Å². The maximum atomic E-state index is 15.0. The lowest BCUT2D eigenvalue weighted by atomic mass is 9.82. The molecule has 0 radical (unpaired) electrons. The Morgan fingerprint density at radius 3 is 2.13 bits per heavy atom. The molecule has 1 saturated heterocycles. The lowest BCUT2D eigenvalue weighted by Gasteiger charge is -2.32. The zero-order valence-electron chi connectivity index (χ0n) is 14.2. The van der Waals surface area contributed by atoms with Crippen LogP contribution in [0.5, 0.6) is 0 Å². The third-order valence-corrected chi connectivity index (χ3v) is 4.24. The summed E-state index contributed by atoms with van der Waals surface area (Å²) in [5, 5.41) is 0. The standard InChI is InChI=1S/C17H22BFO4/c1-6-21-15(20)13(12-10-8-7-9-11-12)14(19)18-22-16(2,3)17(4,5)23-18/h7-11H,6H2,1-5H3. The van der Waals surface area contributed by atoms with Gasteiger partial charge in [0.1, 0.15) is 5.73 Å². The molecule has 0 N–H and O–H groups in total. The van der Waals surface area contributed by atoms with Gasteiger partial charge >= 0.3 is 13.1 Å². The van der Waals surface area contributed by atoms with Crippen molar-refractivity contribution in [1.29, 1.82) is 0 Å². The molecule has 0 spiro atoms. The topological polar surface area (TPSA) is 44.8 Å². The number of rotatable bonds is 4. The van der Waals surface area contributed by atoms with E-state index in [0.29, 0.717) is 5.56 Å². The molecule has 0 unspecified atom stereocenters. The van der Waals surface area contributed by atoms with E-state index >= 15 is 4.39 Å². The molecule has 0 saturated carbocycles. The highest BCUT2D eigenvalue weighted by molar-refractivity contribution is 6.57. The lowest BCUT2D eigenvalue weighted by molar-refractivity contribution is -0.136. The van der Waals surface area contributed by atoms with Crippen molar-refractivity contribution in [3.05, 3.63) is 41.6 Å². The van der Waals surface area contributed by atoms with Crippen LogP contribution in [-0.4, -0.2) is 30.9 Å². The highest BCUT2D eigenvalue weighted by Crippen LogP contribution is 2.40. The zero-order chi connectivity index (χ0) is 17.3. The molecule has 0 atom stereocenters. The molecule has 0 amide bonds. The molecule has 6 heteroatoms. The monoisotopic (exact) mass is 320 g/mol. The summed E-state index contributed by atoms with van der Waals surface area (Å²) in [6, 6.07) is 8.55. The Bertz CT molecular complexity index is 594. The molecule has 1 aliphatic heterocycles. The predicted molar refractivity (Wildman–Crippen MR) is 87.2 cm³/mol. The zero-order valence-corrected chi connectivity index (χ0v) is 14.2. The van der Waals surface area contributed by atoms with Gasteiger partial charge in [-0.15, -0.1) is 0 Å². The van der Waals surface area contributed by atoms with E-state index in [2.05, 4.69) is 0 Å². The molecule has 0 aromatic heterocycles. The number of esters is 1. The number of carbonyl (C=O) groups excluding carboxylic acids is 1. The van der Waals surface area contributed by atoms with Crippen LogP contribution in [0.1, 0.15) is 40.2 Å². The fraction of sp³-hybridized carbons (Fsp3) is 0.471. The summed E-state index contributed by atoms with van der Waals surface area (Å²) in [4.78, 5) is 12.2. The smallest absolute Gasteiger partial charge is 0.462 e. The normalized spacial score (nSPS) is 20.2. The number of halogens is 1. The van der Waals surface area contributed by atoms with Crippen molar-refractivity contribution in [1.82, 2.24) is 0 Å². The first-order chi connectivity index (χ1) is 10.7. The van der Waals surface area contributed by atoms with Gasteiger partial charge in [0.25, 0.3) is 0 Å². The number of hydrogen-bond donors (Lipinski definition) is 0. The van der Waals surface area contributed by atoms with E-state index in [1.807, 2.05) is 27.7 Å². The van der Waals surface area contributed by atoms with Gasteiger partial charge in [-0.05, 0) is 40.2 Å². The summed E-state index contributed by atoms with van der Waals surface area (Å²) in [6.45, 7) is 9.14. The Morgan fingerprint density at radius 2 is 1.65 bits per heavy atom. The van der Waals surface area contributed by atoms with Crippen molar-refractivity contribution in [2.75, 3.05) is 6.61 Å². The van der Waals surface area contributed by atoms with E-state index < -0.39 is 30.0 Å². The second-order valence-electron chi connectivity index (χ2n) is 6.40. The Balaban J connectivity index is 2.45. The Hall–Kier alpha value is -1.66. The Labute approximate surface area is 136 Å². The summed E-state index contributed by atoms with van der Waals surface area (Å²) in [5.41, 5.74) is -1.88. The summed E-state index contributed by atoms with van der Waals surface area (Å²) in [6.07, 6.45) is 0. The molecule has 1 heterocycles. The van der Waals surface area contributed by atoms with Crippen LogP contribution in [0, 0.1) is 0 Å². The van der Waals surface area contributed by atoms with Crippen molar-refractivity contribution >= 4 is 18.7 Å². The summed E-state index contributed by atoms with van der Waals surface area (Å²) in [5.74, 6) is -0.731. The number of hydrogen-bond acceptors (Lipinski definition) is 4. The van der Waals surface area contributed by atoms with Crippen molar-refractivity contribution in [2.24, 2.45) is 0 Å². The van der Waals surface area contributed by atoms with Crippen LogP contribution >= 0.6 is 0 Å². The van der Waals surface area contributed by atoms with Gasteiger partial charge in [-0.3, -0.25) is 0 Å². The minimum absolute atomic E-state index is 0.159. The van der Waals surface area contributed by atoms with Crippen LogP contribution in [0.3, 0.4) is 0 Å². The van der Waals surface area contributed by atoms with E-state index in [9.17, 15) is 4.79 Å². The molecule has 1 aromatic carbocycles. The summed E-state index contributed by atoms with van der Waals surface area (Å²) < 4.78 is 31.4. The third-order valence-electron chi connectivity index (χ3n) is 4.24.